The second-order valence-electron chi connectivity index (χ2n) is 4.78. The Labute approximate surface area is 123 Å². The molecular weight excluding hydrogens is 270 g/mol. The molecule has 2 rings (SSSR count). The summed E-state index contributed by atoms with van der Waals surface area (Å²) < 4.78 is 5.04. The standard InChI is InChI=1S/C15H17N3O3/c16-10-12-3-1-4-13(9-12)17-14(19)5-2-6-18-7-8-21-11-15(18)20/h1,3-4,9H,2,5-8,11H2,(H,17,19). The predicted octanol–water partition coefficient (Wildman–Crippen LogP) is 1.14. The zero-order valence-electron chi connectivity index (χ0n) is 11.7. The highest BCUT2D eigenvalue weighted by Crippen LogP contribution is 2.10. The van der Waals surface area contributed by atoms with E-state index in [0.29, 0.717) is 43.8 Å². The summed E-state index contributed by atoms with van der Waals surface area (Å²) in [6, 6.07) is 8.80. The molecule has 6 nitrogen and oxygen atoms in total. The molecule has 0 saturated carbocycles. The minimum absolute atomic E-state index is 0.0246. The molecule has 0 unspecified atom stereocenters. The van der Waals surface area contributed by atoms with Crippen molar-refractivity contribution < 1.29 is 14.3 Å². The number of hydrogen-bond donors (Lipinski definition) is 1. The van der Waals surface area contributed by atoms with Crippen LogP contribution < -0.4 is 5.32 Å². The van der Waals surface area contributed by atoms with Crippen molar-refractivity contribution in [2.45, 2.75) is 12.8 Å². The van der Waals surface area contributed by atoms with E-state index in [4.69, 9.17) is 10.00 Å². The molecule has 1 aromatic carbocycles. The maximum atomic E-state index is 11.8. The Bertz CT molecular complexity index is 566. The highest BCUT2D eigenvalue weighted by molar-refractivity contribution is 5.90. The van der Waals surface area contributed by atoms with Crippen molar-refractivity contribution in [3.63, 3.8) is 0 Å². The third-order valence-corrected chi connectivity index (χ3v) is 3.19. The summed E-state index contributed by atoms with van der Waals surface area (Å²) in [6.45, 7) is 1.84. The van der Waals surface area contributed by atoms with Crippen LogP contribution in [0, 0.1) is 11.3 Å². The molecule has 0 aromatic heterocycles. The number of amides is 2. The van der Waals surface area contributed by atoms with Crippen LogP contribution in [-0.2, 0) is 14.3 Å². The maximum absolute atomic E-state index is 11.8. The van der Waals surface area contributed by atoms with E-state index >= 15 is 0 Å². The molecule has 0 radical (unpaired) electrons. The number of anilines is 1. The number of nitriles is 1. The van der Waals surface area contributed by atoms with Gasteiger partial charge < -0.3 is 15.0 Å². The van der Waals surface area contributed by atoms with Crippen LogP contribution in [0.3, 0.4) is 0 Å². The van der Waals surface area contributed by atoms with Crippen LogP contribution in [0.2, 0.25) is 0 Å². The van der Waals surface area contributed by atoms with Crippen LogP contribution in [0.4, 0.5) is 5.69 Å². The van der Waals surface area contributed by atoms with E-state index in [2.05, 4.69) is 5.32 Å². The van der Waals surface area contributed by atoms with Gasteiger partial charge >= 0.3 is 0 Å². The Balaban J connectivity index is 1.74. The highest BCUT2D eigenvalue weighted by atomic mass is 16.5. The van der Waals surface area contributed by atoms with Gasteiger partial charge in [-0.3, -0.25) is 9.59 Å². The molecule has 0 spiro atoms. The SMILES string of the molecule is N#Cc1cccc(NC(=O)CCCN2CCOCC2=O)c1. The van der Waals surface area contributed by atoms with Gasteiger partial charge in [-0.25, -0.2) is 0 Å². The number of carbonyl (C=O) groups excluding carboxylic acids is 2. The average Bonchev–Trinajstić information content (AvgIpc) is 2.49. The summed E-state index contributed by atoms with van der Waals surface area (Å²) in [7, 11) is 0. The van der Waals surface area contributed by atoms with Gasteiger partial charge in [-0.05, 0) is 24.6 Å². The van der Waals surface area contributed by atoms with Crippen molar-refractivity contribution in [2.24, 2.45) is 0 Å². The molecule has 1 heterocycles. The fourth-order valence-corrected chi connectivity index (χ4v) is 2.11. The van der Waals surface area contributed by atoms with Crippen molar-refractivity contribution in [1.29, 1.82) is 5.26 Å². The summed E-state index contributed by atoms with van der Waals surface area (Å²) in [5.41, 5.74) is 1.12. The number of ether oxygens (including phenoxy) is 1. The molecule has 1 fully saturated rings. The Morgan fingerprint density at radius 1 is 1.48 bits per heavy atom. The quantitative estimate of drug-likeness (QED) is 0.880. The number of benzene rings is 1. The minimum atomic E-state index is -0.120. The average molecular weight is 287 g/mol. The Hall–Kier alpha value is -2.39. The fraction of sp³-hybridized carbons (Fsp3) is 0.400. The van der Waals surface area contributed by atoms with E-state index in [1.807, 2.05) is 6.07 Å². The smallest absolute Gasteiger partial charge is 0.248 e. The van der Waals surface area contributed by atoms with Crippen molar-refractivity contribution in [3.05, 3.63) is 29.8 Å². The van der Waals surface area contributed by atoms with Gasteiger partial charge in [0.25, 0.3) is 0 Å². The van der Waals surface area contributed by atoms with E-state index in [9.17, 15) is 9.59 Å². The lowest BCUT2D eigenvalue weighted by atomic mass is 10.2. The third kappa shape index (κ3) is 4.58. The lowest BCUT2D eigenvalue weighted by Gasteiger charge is -2.26. The number of nitrogens with zero attached hydrogens (tertiary/aromatic N) is 2. The molecule has 21 heavy (non-hydrogen) atoms. The zero-order chi connectivity index (χ0) is 15.1. The first kappa shape index (κ1) is 15.0. The minimum Gasteiger partial charge on any atom is -0.370 e. The molecule has 1 aromatic rings. The molecule has 0 atom stereocenters. The maximum Gasteiger partial charge on any atom is 0.248 e. The van der Waals surface area contributed by atoms with E-state index in [1.165, 1.54) is 0 Å². The summed E-state index contributed by atoms with van der Waals surface area (Å²) in [4.78, 5) is 25.0. The van der Waals surface area contributed by atoms with Gasteiger partial charge in [0.15, 0.2) is 0 Å². The topological polar surface area (TPSA) is 82.4 Å². The number of morpholine rings is 1. The fourth-order valence-electron chi connectivity index (χ4n) is 2.11. The highest BCUT2D eigenvalue weighted by Gasteiger charge is 2.18. The number of rotatable bonds is 5. The third-order valence-electron chi connectivity index (χ3n) is 3.19. The van der Waals surface area contributed by atoms with Crippen molar-refractivity contribution in [2.75, 3.05) is 31.6 Å². The normalized spacial score (nSPS) is 14.6. The van der Waals surface area contributed by atoms with E-state index in [0.717, 1.165) is 0 Å². The summed E-state index contributed by atoms with van der Waals surface area (Å²) in [5.74, 6) is -0.144. The van der Waals surface area contributed by atoms with Crippen molar-refractivity contribution >= 4 is 17.5 Å². The van der Waals surface area contributed by atoms with Gasteiger partial charge in [0.05, 0.1) is 18.2 Å². The molecule has 110 valence electrons. The molecule has 6 heteroatoms. The van der Waals surface area contributed by atoms with Crippen LogP contribution in [0.5, 0.6) is 0 Å². The Kier molecular flexibility index (Phi) is 5.29. The monoisotopic (exact) mass is 287 g/mol. The van der Waals surface area contributed by atoms with Crippen molar-refractivity contribution in [1.82, 2.24) is 4.90 Å². The number of carbonyl (C=O) groups is 2. The molecule has 1 saturated heterocycles. The molecule has 0 bridgehead atoms. The van der Waals surface area contributed by atoms with E-state index in [-0.39, 0.29) is 18.4 Å². The zero-order valence-corrected chi connectivity index (χ0v) is 11.7. The summed E-state index contributed by atoms with van der Waals surface area (Å²) >= 11 is 0. The van der Waals surface area contributed by atoms with Crippen LogP contribution in [0.25, 0.3) is 0 Å². The van der Waals surface area contributed by atoms with E-state index in [1.54, 1.807) is 29.2 Å². The molecule has 1 aliphatic heterocycles. The molecule has 1 aliphatic rings. The predicted molar refractivity (Wildman–Crippen MR) is 76.4 cm³/mol. The van der Waals surface area contributed by atoms with Crippen LogP contribution in [0.15, 0.2) is 24.3 Å². The summed E-state index contributed by atoms with van der Waals surface area (Å²) in [6.07, 6.45) is 0.941. The van der Waals surface area contributed by atoms with Gasteiger partial charge in [0, 0.05) is 25.2 Å². The first-order valence-electron chi connectivity index (χ1n) is 6.84. The van der Waals surface area contributed by atoms with Gasteiger partial charge in [0.2, 0.25) is 11.8 Å². The second kappa shape index (κ2) is 7.41. The molecule has 2 amide bonds. The lowest BCUT2D eigenvalue weighted by Crippen LogP contribution is -2.42. The van der Waals surface area contributed by atoms with Gasteiger partial charge in [-0.15, -0.1) is 0 Å². The second-order valence-corrected chi connectivity index (χ2v) is 4.78. The largest absolute Gasteiger partial charge is 0.370 e. The first-order chi connectivity index (χ1) is 10.2. The molecule has 1 N–H and O–H groups in total. The van der Waals surface area contributed by atoms with Crippen molar-refractivity contribution in [3.8, 4) is 6.07 Å². The van der Waals surface area contributed by atoms with Crippen LogP contribution >= 0.6 is 0 Å². The lowest BCUT2D eigenvalue weighted by molar-refractivity contribution is -0.142. The Morgan fingerprint density at radius 3 is 3.10 bits per heavy atom. The van der Waals surface area contributed by atoms with E-state index < -0.39 is 0 Å². The van der Waals surface area contributed by atoms with Crippen LogP contribution in [0.1, 0.15) is 18.4 Å². The number of nitrogens with one attached hydrogen (secondary N) is 1. The number of hydrogen-bond acceptors (Lipinski definition) is 4. The van der Waals surface area contributed by atoms with Gasteiger partial charge in [-0.1, -0.05) is 6.07 Å². The molecule has 0 aliphatic carbocycles. The summed E-state index contributed by atoms with van der Waals surface area (Å²) in [5, 5.41) is 11.5. The van der Waals surface area contributed by atoms with Gasteiger partial charge in [0.1, 0.15) is 6.61 Å². The molecular formula is C15H17N3O3. The van der Waals surface area contributed by atoms with Gasteiger partial charge in [-0.2, -0.15) is 5.26 Å². The van der Waals surface area contributed by atoms with Crippen LogP contribution in [-0.4, -0.2) is 43.0 Å². The first-order valence-corrected chi connectivity index (χ1v) is 6.84. The Morgan fingerprint density at radius 2 is 2.33 bits per heavy atom.